The van der Waals surface area contributed by atoms with Crippen molar-refractivity contribution < 1.29 is 34.8 Å². The molecular formula is C34H54N2O7. The molecule has 1 fully saturated rings. The highest BCUT2D eigenvalue weighted by atomic mass is 16.6. The molecule has 1 aliphatic rings. The number of aliphatic hydroxyl groups excluding tert-OH is 4. The molecule has 0 aromatic rings. The summed E-state index contributed by atoms with van der Waals surface area (Å²) in [5.74, 6) is -0.805. The summed E-state index contributed by atoms with van der Waals surface area (Å²) in [6, 6.07) is -2.19. The second-order valence-electron chi connectivity index (χ2n) is 11.0. The number of rotatable bonds is 20. The number of carbonyl (C=O) groups is 2. The van der Waals surface area contributed by atoms with Crippen molar-refractivity contribution in [3.8, 4) is 0 Å². The predicted molar refractivity (Wildman–Crippen MR) is 171 cm³/mol. The quantitative estimate of drug-likeness (QED) is 0.116. The molecule has 6 atom stereocenters. The van der Waals surface area contributed by atoms with E-state index < -0.39 is 49.2 Å². The van der Waals surface area contributed by atoms with Crippen molar-refractivity contribution in [2.24, 2.45) is 5.92 Å². The fraction of sp³-hybridized carbons (Fsp3) is 0.588. The molecule has 1 heterocycles. The van der Waals surface area contributed by atoms with Crippen molar-refractivity contribution in [1.82, 2.24) is 10.6 Å². The maximum atomic E-state index is 12.9. The molecule has 0 unspecified atom stereocenters. The van der Waals surface area contributed by atoms with Gasteiger partial charge in [0.15, 0.2) is 6.29 Å². The highest BCUT2D eigenvalue weighted by Gasteiger charge is 2.44. The maximum Gasteiger partial charge on any atom is 0.243 e. The van der Waals surface area contributed by atoms with Crippen LogP contribution in [-0.2, 0) is 14.3 Å². The van der Waals surface area contributed by atoms with Crippen LogP contribution >= 0.6 is 0 Å². The Kier molecular flexibility index (Phi) is 21.0. The van der Waals surface area contributed by atoms with Gasteiger partial charge in [-0.1, -0.05) is 93.7 Å². The van der Waals surface area contributed by atoms with Gasteiger partial charge in [-0.05, 0) is 57.3 Å². The van der Waals surface area contributed by atoms with E-state index in [1.807, 2.05) is 26.0 Å². The van der Waals surface area contributed by atoms with Gasteiger partial charge in [0, 0.05) is 6.42 Å². The summed E-state index contributed by atoms with van der Waals surface area (Å²) in [7, 11) is 0. The van der Waals surface area contributed by atoms with Crippen LogP contribution < -0.4 is 10.6 Å². The second kappa shape index (κ2) is 23.6. The smallest absolute Gasteiger partial charge is 0.243 e. The Morgan fingerprint density at radius 1 is 0.767 bits per heavy atom. The number of carbonyl (C=O) groups excluding carboxylic acids is 2. The van der Waals surface area contributed by atoms with Crippen LogP contribution in [0.2, 0.25) is 0 Å². The average Bonchev–Trinajstić information content (AvgIpc) is 2.97. The molecule has 0 aliphatic carbocycles. The van der Waals surface area contributed by atoms with Gasteiger partial charge in [-0.15, -0.1) is 0 Å². The molecule has 1 rings (SSSR count). The van der Waals surface area contributed by atoms with Crippen molar-refractivity contribution in [3.63, 3.8) is 0 Å². The van der Waals surface area contributed by atoms with Crippen LogP contribution in [0.25, 0.3) is 0 Å². The first kappa shape index (κ1) is 38.2. The zero-order valence-corrected chi connectivity index (χ0v) is 26.1. The number of amides is 2. The molecule has 0 radical (unpaired) electrons. The summed E-state index contributed by atoms with van der Waals surface area (Å²) in [5, 5.41) is 45.0. The Hall–Kier alpha value is -2.82. The van der Waals surface area contributed by atoms with E-state index in [0.717, 1.165) is 38.5 Å². The third-order valence-electron chi connectivity index (χ3n) is 6.70. The number of nitrogens with one attached hydrogen (secondary N) is 2. The lowest BCUT2D eigenvalue weighted by atomic mass is 9.96. The summed E-state index contributed by atoms with van der Waals surface area (Å²) in [6.45, 7) is 5.35. The first-order valence-corrected chi connectivity index (χ1v) is 15.5. The Bertz CT molecular complexity index is 954. The normalized spacial score (nSPS) is 24.0. The highest BCUT2D eigenvalue weighted by molar-refractivity contribution is 5.87. The largest absolute Gasteiger partial charge is 0.394 e. The van der Waals surface area contributed by atoms with Crippen molar-refractivity contribution in [2.45, 2.75) is 115 Å². The molecule has 1 saturated heterocycles. The molecule has 0 bridgehead atoms. The minimum Gasteiger partial charge on any atom is -0.394 e. The number of allylic oxidation sites excluding steroid dienone is 12. The summed E-state index contributed by atoms with van der Waals surface area (Å²) < 4.78 is 5.09. The molecule has 0 aromatic carbocycles. The molecule has 0 saturated carbocycles. The van der Waals surface area contributed by atoms with Gasteiger partial charge < -0.3 is 35.8 Å². The molecule has 0 aromatic heterocycles. The summed E-state index contributed by atoms with van der Waals surface area (Å²) in [5.41, 5.74) is 0. The lowest BCUT2D eigenvalue weighted by Gasteiger charge is -2.40. The number of aliphatic hydroxyl groups is 4. The van der Waals surface area contributed by atoms with Crippen molar-refractivity contribution in [2.75, 3.05) is 6.61 Å². The van der Waals surface area contributed by atoms with Crippen LogP contribution in [0.3, 0.4) is 0 Å². The SMILES string of the molecule is CCC=CCC=CCC=CCC=CCC=CCC=CCCC(=O)N[C@@H](CC(C)C)C(=O)N[C@@H]1[C@@H](O)[C@H](O)[C@@H](CO)O[C@H]1O. The minimum absolute atomic E-state index is 0.0845. The molecule has 43 heavy (non-hydrogen) atoms. The topological polar surface area (TPSA) is 148 Å². The maximum absolute atomic E-state index is 12.9. The first-order chi connectivity index (χ1) is 20.7. The number of hydrogen-bond donors (Lipinski definition) is 6. The molecule has 2 amide bonds. The number of ether oxygens (including phenoxy) is 1. The van der Waals surface area contributed by atoms with Gasteiger partial charge in [0.25, 0.3) is 0 Å². The molecule has 9 nitrogen and oxygen atoms in total. The predicted octanol–water partition coefficient (Wildman–Crippen LogP) is 3.91. The van der Waals surface area contributed by atoms with E-state index >= 15 is 0 Å². The monoisotopic (exact) mass is 602 g/mol. The van der Waals surface area contributed by atoms with Gasteiger partial charge in [0.2, 0.25) is 11.8 Å². The van der Waals surface area contributed by atoms with Gasteiger partial charge in [-0.3, -0.25) is 9.59 Å². The Morgan fingerprint density at radius 3 is 1.72 bits per heavy atom. The third-order valence-corrected chi connectivity index (χ3v) is 6.70. The average molecular weight is 603 g/mol. The standard InChI is InChI=1S/C34H54N2O7/c1-4-5-6-7-8-9-10-11-12-13-14-15-16-17-18-19-20-21-22-23-29(38)35-27(24-26(2)3)33(41)36-30-32(40)31(39)28(25-37)43-34(30)42/h5-6,8-9,11-12,14-15,17-18,20-21,26-28,30-32,34,37,39-40,42H,4,7,10,13,16,19,22-25H2,1-3H3,(H,35,38)(H,36,41)/t27-,28+,30+,31+,32+,34+/m0/s1. The third kappa shape index (κ3) is 17.2. The van der Waals surface area contributed by atoms with Crippen LogP contribution in [-0.4, -0.2) is 75.5 Å². The van der Waals surface area contributed by atoms with E-state index in [4.69, 9.17) is 4.74 Å². The zero-order valence-electron chi connectivity index (χ0n) is 26.1. The van der Waals surface area contributed by atoms with E-state index in [1.165, 1.54) is 0 Å². The van der Waals surface area contributed by atoms with E-state index in [1.54, 1.807) is 0 Å². The summed E-state index contributed by atoms with van der Waals surface area (Å²) >= 11 is 0. The van der Waals surface area contributed by atoms with Crippen molar-refractivity contribution in [1.29, 1.82) is 0 Å². The number of hydrogen-bond acceptors (Lipinski definition) is 7. The fourth-order valence-corrected chi connectivity index (χ4v) is 4.34. The summed E-state index contributed by atoms with van der Waals surface area (Å²) in [6.07, 6.45) is 26.3. The molecule has 6 N–H and O–H groups in total. The Labute approximate surface area is 257 Å². The van der Waals surface area contributed by atoms with Crippen LogP contribution in [0.5, 0.6) is 0 Å². The Balaban J connectivity index is 2.33. The lowest BCUT2D eigenvalue weighted by Crippen LogP contribution is -2.65. The molecule has 242 valence electrons. The van der Waals surface area contributed by atoms with E-state index in [2.05, 4.69) is 78.3 Å². The van der Waals surface area contributed by atoms with Gasteiger partial charge in [0.05, 0.1) is 6.61 Å². The minimum atomic E-state index is -1.62. The van der Waals surface area contributed by atoms with Gasteiger partial charge >= 0.3 is 0 Å². The summed E-state index contributed by atoms with van der Waals surface area (Å²) in [4.78, 5) is 25.4. The van der Waals surface area contributed by atoms with Crippen LogP contribution in [0.15, 0.2) is 72.9 Å². The molecule has 1 aliphatic heterocycles. The fourth-order valence-electron chi connectivity index (χ4n) is 4.34. The van der Waals surface area contributed by atoms with Crippen LogP contribution in [0, 0.1) is 5.92 Å². The highest BCUT2D eigenvalue weighted by Crippen LogP contribution is 2.20. The van der Waals surface area contributed by atoms with Crippen LogP contribution in [0.1, 0.15) is 78.6 Å². The van der Waals surface area contributed by atoms with Crippen molar-refractivity contribution in [3.05, 3.63) is 72.9 Å². The van der Waals surface area contributed by atoms with E-state index in [9.17, 15) is 30.0 Å². The van der Waals surface area contributed by atoms with E-state index in [-0.39, 0.29) is 18.2 Å². The first-order valence-electron chi connectivity index (χ1n) is 15.5. The van der Waals surface area contributed by atoms with Crippen molar-refractivity contribution >= 4 is 11.8 Å². The zero-order chi connectivity index (χ0) is 31.9. The lowest BCUT2D eigenvalue weighted by molar-refractivity contribution is -0.254. The molecular weight excluding hydrogens is 548 g/mol. The molecule has 0 spiro atoms. The molecule has 9 heteroatoms. The van der Waals surface area contributed by atoms with Gasteiger partial charge in [-0.25, -0.2) is 0 Å². The van der Waals surface area contributed by atoms with Gasteiger partial charge in [0.1, 0.15) is 30.4 Å². The Morgan fingerprint density at radius 2 is 1.26 bits per heavy atom. The second-order valence-corrected chi connectivity index (χ2v) is 11.0. The van der Waals surface area contributed by atoms with E-state index in [0.29, 0.717) is 12.8 Å². The van der Waals surface area contributed by atoms with Gasteiger partial charge in [-0.2, -0.15) is 0 Å². The van der Waals surface area contributed by atoms with Crippen LogP contribution in [0.4, 0.5) is 0 Å².